The first-order chi connectivity index (χ1) is 5.44. The van der Waals surface area contributed by atoms with Crippen molar-refractivity contribution in [2.45, 2.75) is 39.2 Å². The molecule has 1 unspecified atom stereocenters. The van der Waals surface area contributed by atoms with Gasteiger partial charge in [-0.15, -0.1) is 0 Å². The van der Waals surface area contributed by atoms with Crippen LogP contribution in [-0.2, 0) is 4.79 Å². The quantitative estimate of drug-likeness (QED) is 0.641. The van der Waals surface area contributed by atoms with Gasteiger partial charge in [0.05, 0.1) is 0 Å². The van der Waals surface area contributed by atoms with Crippen LogP contribution >= 0.6 is 0 Å². The Labute approximate surface area is 73.2 Å². The molecule has 3 nitrogen and oxygen atoms in total. The number of amides is 1. The van der Waals surface area contributed by atoms with Gasteiger partial charge in [0, 0.05) is 18.4 Å². The SMILES string of the molecule is CCC(C)(C)C1(O)CCNC1=O. The van der Waals surface area contributed by atoms with Gasteiger partial charge < -0.3 is 10.4 Å². The van der Waals surface area contributed by atoms with Gasteiger partial charge in [0.1, 0.15) is 5.60 Å². The largest absolute Gasteiger partial charge is 0.379 e. The number of hydrogen-bond acceptors (Lipinski definition) is 2. The minimum Gasteiger partial charge on any atom is -0.379 e. The van der Waals surface area contributed by atoms with Crippen molar-refractivity contribution in [1.29, 1.82) is 0 Å². The zero-order valence-corrected chi connectivity index (χ0v) is 7.98. The van der Waals surface area contributed by atoms with E-state index in [0.717, 1.165) is 6.42 Å². The summed E-state index contributed by atoms with van der Waals surface area (Å²) in [5, 5.41) is 12.7. The van der Waals surface area contributed by atoms with E-state index in [-0.39, 0.29) is 11.3 Å². The summed E-state index contributed by atoms with van der Waals surface area (Å²) >= 11 is 0. The Morgan fingerprint density at radius 2 is 2.25 bits per heavy atom. The zero-order valence-electron chi connectivity index (χ0n) is 7.98. The number of aliphatic hydroxyl groups is 1. The molecule has 0 aliphatic carbocycles. The Balaban J connectivity index is 2.90. The van der Waals surface area contributed by atoms with Crippen LogP contribution < -0.4 is 5.32 Å². The molecule has 1 atom stereocenters. The van der Waals surface area contributed by atoms with E-state index in [1.807, 2.05) is 20.8 Å². The first-order valence-electron chi connectivity index (χ1n) is 4.45. The number of nitrogens with one attached hydrogen (secondary N) is 1. The van der Waals surface area contributed by atoms with Crippen LogP contribution in [0.5, 0.6) is 0 Å². The highest BCUT2D eigenvalue weighted by Gasteiger charge is 2.51. The molecule has 1 aliphatic rings. The third-order valence-corrected chi connectivity index (χ3v) is 3.15. The Morgan fingerprint density at radius 3 is 2.58 bits per heavy atom. The number of carbonyl (C=O) groups excluding carboxylic acids is 1. The van der Waals surface area contributed by atoms with E-state index in [4.69, 9.17) is 0 Å². The first kappa shape index (κ1) is 9.52. The number of carbonyl (C=O) groups is 1. The molecular weight excluding hydrogens is 154 g/mol. The molecule has 3 heteroatoms. The van der Waals surface area contributed by atoms with Crippen molar-refractivity contribution >= 4 is 5.91 Å². The average Bonchev–Trinajstić information content (AvgIpc) is 2.34. The van der Waals surface area contributed by atoms with Crippen LogP contribution in [0.15, 0.2) is 0 Å². The van der Waals surface area contributed by atoms with Crippen molar-refractivity contribution in [2.75, 3.05) is 6.54 Å². The molecule has 0 aromatic heterocycles. The van der Waals surface area contributed by atoms with Crippen molar-refractivity contribution in [3.63, 3.8) is 0 Å². The predicted molar refractivity (Wildman–Crippen MR) is 46.6 cm³/mol. The summed E-state index contributed by atoms with van der Waals surface area (Å²) in [5.74, 6) is -0.214. The van der Waals surface area contributed by atoms with Crippen molar-refractivity contribution in [3.8, 4) is 0 Å². The lowest BCUT2D eigenvalue weighted by Crippen LogP contribution is -2.50. The van der Waals surface area contributed by atoms with Gasteiger partial charge in [0.15, 0.2) is 0 Å². The molecule has 0 bridgehead atoms. The molecule has 12 heavy (non-hydrogen) atoms. The van der Waals surface area contributed by atoms with Crippen LogP contribution in [0.25, 0.3) is 0 Å². The zero-order chi connectivity index (χ0) is 9.41. The van der Waals surface area contributed by atoms with Gasteiger partial charge in [-0.3, -0.25) is 4.79 Å². The second kappa shape index (κ2) is 2.73. The van der Waals surface area contributed by atoms with Gasteiger partial charge in [-0.1, -0.05) is 20.8 Å². The second-order valence-corrected chi connectivity index (χ2v) is 4.10. The summed E-state index contributed by atoms with van der Waals surface area (Å²) in [6.45, 7) is 6.44. The molecule has 1 saturated heterocycles. The fourth-order valence-electron chi connectivity index (χ4n) is 1.55. The lowest BCUT2D eigenvalue weighted by molar-refractivity contribution is -0.147. The van der Waals surface area contributed by atoms with Crippen LogP contribution in [0.3, 0.4) is 0 Å². The van der Waals surface area contributed by atoms with Gasteiger partial charge in [0.25, 0.3) is 5.91 Å². The lowest BCUT2D eigenvalue weighted by Gasteiger charge is -2.36. The molecular formula is C9H17NO2. The van der Waals surface area contributed by atoms with Gasteiger partial charge >= 0.3 is 0 Å². The molecule has 1 amide bonds. The molecule has 2 N–H and O–H groups in total. The van der Waals surface area contributed by atoms with Gasteiger partial charge in [-0.2, -0.15) is 0 Å². The molecule has 0 aromatic carbocycles. The first-order valence-corrected chi connectivity index (χ1v) is 4.45. The molecule has 0 saturated carbocycles. The highest BCUT2D eigenvalue weighted by atomic mass is 16.3. The van der Waals surface area contributed by atoms with Gasteiger partial charge in [-0.25, -0.2) is 0 Å². The van der Waals surface area contributed by atoms with Crippen LogP contribution in [-0.4, -0.2) is 23.2 Å². The standard InChI is InChI=1S/C9H17NO2/c1-4-8(2,3)9(12)5-6-10-7(9)11/h12H,4-6H2,1-3H3,(H,10,11). The molecule has 1 aliphatic heterocycles. The van der Waals surface area contributed by atoms with E-state index < -0.39 is 5.60 Å². The molecule has 1 heterocycles. The smallest absolute Gasteiger partial charge is 0.252 e. The summed E-state index contributed by atoms with van der Waals surface area (Å²) < 4.78 is 0. The third kappa shape index (κ3) is 1.12. The fourth-order valence-corrected chi connectivity index (χ4v) is 1.55. The van der Waals surface area contributed by atoms with E-state index >= 15 is 0 Å². The van der Waals surface area contributed by atoms with Crippen molar-refractivity contribution < 1.29 is 9.90 Å². The molecule has 0 spiro atoms. The molecule has 1 rings (SSSR count). The Morgan fingerprint density at radius 1 is 1.67 bits per heavy atom. The Bertz CT molecular complexity index is 201. The van der Waals surface area contributed by atoms with Crippen LogP contribution in [0.4, 0.5) is 0 Å². The molecule has 0 aromatic rings. The van der Waals surface area contributed by atoms with E-state index in [1.165, 1.54) is 0 Å². The van der Waals surface area contributed by atoms with Gasteiger partial charge in [0.2, 0.25) is 0 Å². The van der Waals surface area contributed by atoms with Gasteiger partial charge in [-0.05, 0) is 6.42 Å². The van der Waals surface area contributed by atoms with E-state index in [9.17, 15) is 9.90 Å². The maximum absolute atomic E-state index is 11.3. The van der Waals surface area contributed by atoms with E-state index in [2.05, 4.69) is 5.32 Å². The lowest BCUT2D eigenvalue weighted by atomic mass is 9.72. The van der Waals surface area contributed by atoms with Crippen LogP contribution in [0.1, 0.15) is 33.6 Å². The summed E-state index contributed by atoms with van der Waals surface area (Å²) in [6.07, 6.45) is 1.34. The molecule has 70 valence electrons. The van der Waals surface area contributed by atoms with Crippen molar-refractivity contribution in [3.05, 3.63) is 0 Å². The van der Waals surface area contributed by atoms with E-state index in [0.29, 0.717) is 13.0 Å². The topological polar surface area (TPSA) is 49.3 Å². The predicted octanol–water partition coefficient (Wildman–Crippen LogP) is 0.674. The third-order valence-electron chi connectivity index (χ3n) is 3.15. The number of hydrogen-bond donors (Lipinski definition) is 2. The number of rotatable bonds is 2. The fraction of sp³-hybridized carbons (Fsp3) is 0.889. The minimum absolute atomic E-state index is 0.214. The Kier molecular flexibility index (Phi) is 2.17. The normalized spacial score (nSPS) is 30.5. The van der Waals surface area contributed by atoms with Crippen molar-refractivity contribution in [2.24, 2.45) is 5.41 Å². The maximum atomic E-state index is 11.3. The minimum atomic E-state index is -1.15. The average molecular weight is 171 g/mol. The highest BCUT2D eigenvalue weighted by Crippen LogP contribution is 2.38. The van der Waals surface area contributed by atoms with Crippen molar-refractivity contribution in [1.82, 2.24) is 5.32 Å². The summed E-state index contributed by atoms with van der Waals surface area (Å²) in [6, 6.07) is 0. The Hall–Kier alpha value is -0.570. The second-order valence-electron chi connectivity index (χ2n) is 4.10. The summed E-state index contributed by atoms with van der Waals surface area (Å²) in [7, 11) is 0. The van der Waals surface area contributed by atoms with Crippen LogP contribution in [0, 0.1) is 5.41 Å². The van der Waals surface area contributed by atoms with E-state index in [1.54, 1.807) is 0 Å². The summed E-state index contributed by atoms with van der Waals surface area (Å²) in [4.78, 5) is 11.3. The maximum Gasteiger partial charge on any atom is 0.252 e. The molecule has 0 radical (unpaired) electrons. The van der Waals surface area contributed by atoms with Crippen LogP contribution in [0.2, 0.25) is 0 Å². The highest BCUT2D eigenvalue weighted by molar-refractivity contribution is 5.87. The monoisotopic (exact) mass is 171 g/mol. The summed E-state index contributed by atoms with van der Waals surface area (Å²) in [5.41, 5.74) is -1.48. The molecule has 1 fully saturated rings.